The first-order valence-corrected chi connectivity index (χ1v) is 7.38. The molecule has 0 amide bonds. The monoisotopic (exact) mass is 339 g/mol. The average molecular weight is 340 g/mol. The van der Waals surface area contributed by atoms with Gasteiger partial charge in [-0.3, -0.25) is 4.90 Å². The molecule has 0 radical (unpaired) electrons. The number of aryl methyl sites for hydroxylation is 1. The first-order chi connectivity index (χ1) is 10.9. The average Bonchev–Trinajstić information content (AvgIpc) is 2.92. The van der Waals surface area contributed by atoms with Gasteiger partial charge in [0, 0.05) is 17.1 Å². The molecule has 0 aliphatic carbocycles. The number of carbonyl (C=O) groups is 1. The summed E-state index contributed by atoms with van der Waals surface area (Å²) in [6, 6.07) is 4.96. The molecular formula is C15H18ClN3O4. The molecule has 0 spiro atoms. The van der Waals surface area contributed by atoms with Crippen LogP contribution in [0, 0.1) is 6.92 Å². The number of carboxylic acid groups (broad SMARTS) is 1. The standard InChI is InChI=1S/C15H18ClN3O4/c1-9(15-17-10(2)18-23-15)19(3)7-11-6-12(16)4-5-13(11)22-8-14(20)21/h4-6,9H,7-8H2,1-3H3,(H,20,21)/t9-/m0/s1. The second kappa shape index (κ2) is 7.43. The van der Waals surface area contributed by atoms with Gasteiger partial charge >= 0.3 is 5.97 Å². The van der Waals surface area contributed by atoms with Crippen molar-refractivity contribution in [3.8, 4) is 5.75 Å². The number of hydrogen-bond donors (Lipinski definition) is 1. The van der Waals surface area contributed by atoms with Gasteiger partial charge in [-0.15, -0.1) is 0 Å². The van der Waals surface area contributed by atoms with Gasteiger partial charge in [-0.25, -0.2) is 4.79 Å². The SMILES string of the molecule is Cc1noc([C@H](C)N(C)Cc2cc(Cl)ccc2OCC(=O)O)n1. The Morgan fingerprint density at radius 3 is 2.87 bits per heavy atom. The summed E-state index contributed by atoms with van der Waals surface area (Å²) < 4.78 is 10.5. The Morgan fingerprint density at radius 1 is 1.52 bits per heavy atom. The maximum Gasteiger partial charge on any atom is 0.341 e. The molecule has 124 valence electrons. The zero-order valence-corrected chi connectivity index (χ0v) is 13.9. The fourth-order valence-corrected chi connectivity index (χ4v) is 2.22. The minimum atomic E-state index is -1.03. The Balaban J connectivity index is 2.14. The van der Waals surface area contributed by atoms with Gasteiger partial charge in [-0.1, -0.05) is 16.8 Å². The highest BCUT2D eigenvalue weighted by atomic mass is 35.5. The molecule has 1 aromatic carbocycles. The minimum absolute atomic E-state index is 0.109. The smallest absolute Gasteiger partial charge is 0.341 e. The first kappa shape index (κ1) is 17.2. The number of hydrogen-bond acceptors (Lipinski definition) is 6. The third-order valence-electron chi connectivity index (χ3n) is 3.36. The van der Waals surface area contributed by atoms with E-state index in [1.165, 1.54) is 0 Å². The van der Waals surface area contributed by atoms with E-state index in [2.05, 4.69) is 10.1 Å². The van der Waals surface area contributed by atoms with E-state index in [0.29, 0.717) is 29.0 Å². The van der Waals surface area contributed by atoms with E-state index >= 15 is 0 Å². The molecule has 0 saturated carbocycles. The third kappa shape index (κ3) is 4.67. The van der Waals surface area contributed by atoms with Crippen LogP contribution >= 0.6 is 11.6 Å². The fourth-order valence-electron chi connectivity index (χ4n) is 2.03. The van der Waals surface area contributed by atoms with Gasteiger partial charge in [0.25, 0.3) is 0 Å². The Kier molecular flexibility index (Phi) is 5.57. The van der Waals surface area contributed by atoms with Crippen LogP contribution in [-0.4, -0.2) is 39.8 Å². The largest absolute Gasteiger partial charge is 0.482 e. The number of aliphatic carboxylic acids is 1. The molecule has 2 aromatic rings. The summed E-state index contributed by atoms with van der Waals surface area (Å²) in [4.78, 5) is 16.9. The lowest BCUT2D eigenvalue weighted by Gasteiger charge is -2.23. The first-order valence-electron chi connectivity index (χ1n) is 7.00. The molecule has 0 fully saturated rings. The van der Waals surface area contributed by atoms with Crippen molar-refractivity contribution < 1.29 is 19.2 Å². The van der Waals surface area contributed by atoms with Crippen LogP contribution in [0.1, 0.15) is 30.2 Å². The third-order valence-corrected chi connectivity index (χ3v) is 3.59. The van der Waals surface area contributed by atoms with Gasteiger partial charge in [-0.05, 0) is 39.1 Å². The molecule has 1 aromatic heterocycles. The maximum absolute atomic E-state index is 10.7. The molecule has 23 heavy (non-hydrogen) atoms. The molecule has 0 bridgehead atoms. The van der Waals surface area contributed by atoms with Crippen molar-refractivity contribution in [1.29, 1.82) is 0 Å². The number of ether oxygens (including phenoxy) is 1. The molecule has 0 aliphatic heterocycles. The molecular weight excluding hydrogens is 322 g/mol. The number of aromatic nitrogens is 2. The van der Waals surface area contributed by atoms with Crippen LogP contribution in [0.25, 0.3) is 0 Å². The van der Waals surface area contributed by atoms with E-state index in [0.717, 1.165) is 5.56 Å². The molecule has 1 atom stereocenters. The van der Waals surface area contributed by atoms with Crippen molar-refractivity contribution in [2.75, 3.05) is 13.7 Å². The lowest BCUT2D eigenvalue weighted by atomic mass is 10.1. The summed E-state index contributed by atoms with van der Waals surface area (Å²) in [5, 5.41) is 13.1. The van der Waals surface area contributed by atoms with Crippen molar-refractivity contribution in [2.45, 2.75) is 26.4 Å². The Morgan fingerprint density at radius 2 is 2.26 bits per heavy atom. The quantitative estimate of drug-likeness (QED) is 0.829. The van der Waals surface area contributed by atoms with E-state index < -0.39 is 12.6 Å². The summed E-state index contributed by atoms with van der Waals surface area (Å²) in [6.45, 7) is 3.78. The number of nitrogens with zero attached hydrogens (tertiary/aromatic N) is 3. The zero-order chi connectivity index (χ0) is 17.0. The van der Waals surface area contributed by atoms with Gasteiger partial charge < -0.3 is 14.4 Å². The predicted octanol–water partition coefficient (Wildman–Crippen LogP) is 2.69. The molecule has 1 heterocycles. The molecule has 8 heteroatoms. The highest BCUT2D eigenvalue weighted by Gasteiger charge is 2.19. The highest BCUT2D eigenvalue weighted by molar-refractivity contribution is 6.30. The number of rotatable bonds is 7. The van der Waals surface area contributed by atoms with Gasteiger partial charge in [-0.2, -0.15) is 4.98 Å². The van der Waals surface area contributed by atoms with Crippen molar-refractivity contribution in [3.63, 3.8) is 0 Å². The molecule has 0 saturated heterocycles. The van der Waals surface area contributed by atoms with E-state index in [1.807, 2.05) is 18.9 Å². The number of halogens is 1. The molecule has 7 nitrogen and oxygen atoms in total. The summed E-state index contributed by atoms with van der Waals surface area (Å²) >= 11 is 6.03. The Bertz CT molecular complexity index is 689. The van der Waals surface area contributed by atoms with E-state index in [4.69, 9.17) is 26.0 Å². The molecule has 0 unspecified atom stereocenters. The van der Waals surface area contributed by atoms with Crippen LogP contribution in [0.15, 0.2) is 22.7 Å². The van der Waals surface area contributed by atoms with Crippen molar-refractivity contribution in [3.05, 3.63) is 40.5 Å². The normalized spacial score (nSPS) is 12.4. The second-order valence-electron chi connectivity index (χ2n) is 5.21. The van der Waals surface area contributed by atoms with E-state index in [-0.39, 0.29) is 6.04 Å². The summed E-state index contributed by atoms with van der Waals surface area (Å²) in [5.41, 5.74) is 0.782. The Hall–Kier alpha value is -2.12. The highest BCUT2D eigenvalue weighted by Crippen LogP contribution is 2.27. The van der Waals surface area contributed by atoms with Crippen LogP contribution in [0.2, 0.25) is 5.02 Å². The summed E-state index contributed by atoms with van der Waals surface area (Å²) in [7, 11) is 1.89. The molecule has 2 rings (SSSR count). The lowest BCUT2D eigenvalue weighted by Crippen LogP contribution is -2.23. The van der Waals surface area contributed by atoms with Gasteiger partial charge in [0.15, 0.2) is 12.4 Å². The lowest BCUT2D eigenvalue weighted by molar-refractivity contribution is -0.139. The maximum atomic E-state index is 10.7. The van der Waals surface area contributed by atoms with Crippen molar-refractivity contribution in [2.24, 2.45) is 0 Å². The van der Waals surface area contributed by atoms with Gasteiger partial charge in [0.05, 0.1) is 6.04 Å². The number of benzene rings is 1. The summed E-state index contributed by atoms with van der Waals surface area (Å²) in [6.07, 6.45) is 0. The topological polar surface area (TPSA) is 88.7 Å². The van der Waals surface area contributed by atoms with Crippen molar-refractivity contribution >= 4 is 17.6 Å². The second-order valence-corrected chi connectivity index (χ2v) is 5.64. The van der Waals surface area contributed by atoms with E-state index in [9.17, 15) is 4.79 Å². The van der Waals surface area contributed by atoms with Crippen LogP contribution in [0.4, 0.5) is 0 Å². The fraction of sp³-hybridized carbons (Fsp3) is 0.400. The molecule has 0 aliphatic rings. The Labute approximate surface area is 138 Å². The summed E-state index contributed by atoms with van der Waals surface area (Å²) in [5.74, 6) is 0.542. The zero-order valence-electron chi connectivity index (χ0n) is 13.1. The van der Waals surface area contributed by atoms with Gasteiger partial charge in [0.2, 0.25) is 5.89 Å². The van der Waals surface area contributed by atoms with Crippen molar-refractivity contribution in [1.82, 2.24) is 15.0 Å². The van der Waals surface area contributed by atoms with Gasteiger partial charge in [0.1, 0.15) is 5.75 Å². The number of carboxylic acids is 1. The molecule has 1 N–H and O–H groups in total. The van der Waals surface area contributed by atoms with Crippen LogP contribution in [0.5, 0.6) is 5.75 Å². The minimum Gasteiger partial charge on any atom is -0.482 e. The van der Waals surface area contributed by atoms with Crippen LogP contribution in [-0.2, 0) is 11.3 Å². The predicted molar refractivity (Wildman–Crippen MR) is 83.5 cm³/mol. The van der Waals surface area contributed by atoms with Crippen LogP contribution < -0.4 is 4.74 Å². The van der Waals surface area contributed by atoms with E-state index in [1.54, 1.807) is 25.1 Å². The van der Waals surface area contributed by atoms with Crippen LogP contribution in [0.3, 0.4) is 0 Å².